The quantitative estimate of drug-likeness (QED) is 0.830. The van der Waals surface area contributed by atoms with Crippen LogP contribution in [0, 0.1) is 11.6 Å². The second-order valence-electron chi connectivity index (χ2n) is 3.56. The molecule has 1 atom stereocenters. The number of nitrogens with two attached hydrogens (primary N) is 2. The first-order valence-electron chi connectivity index (χ1n) is 4.44. The summed E-state index contributed by atoms with van der Waals surface area (Å²) in [6.45, 7) is 1.56. The van der Waals surface area contributed by atoms with Crippen molar-refractivity contribution in [2.45, 2.75) is 18.7 Å². The van der Waals surface area contributed by atoms with Crippen LogP contribution in [-0.4, -0.2) is 8.42 Å². The Morgan fingerprint density at radius 1 is 1.31 bits per heavy atom. The molecule has 0 bridgehead atoms. The molecule has 0 spiro atoms. The first kappa shape index (κ1) is 13.0. The van der Waals surface area contributed by atoms with Gasteiger partial charge in [0.25, 0.3) is 0 Å². The van der Waals surface area contributed by atoms with Crippen LogP contribution in [0.4, 0.5) is 8.78 Å². The molecule has 0 aromatic heterocycles. The van der Waals surface area contributed by atoms with Crippen molar-refractivity contribution in [3.63, 3.8) is 0 Å². The van der Waals surface area contributed by atoms with Gasteiger partial charge >= 0.3 is 0 Å². The van der Waals surface area contributed by atoms with Gasteiger partial charge in [-0.2, -0.15) is 0 Å². The van der Waals surface area contributed by atoms with E-state index < -0.39 is 39.0 Å². The number of sulfonamides is 1. The maximum absolute atomic E-state index is 13.4. The van der Waals surface area contributed by atoms with Crippen LogP contribution in [0.3, 0.4) is 0 Å². The molecule has 1 rings (SSSR count). The third kappa shape index (κ3) is 3.22. The molecular weight excluding hydrogens is 238 g/mol. The lowest BCUT2D eigenvalue weighted by atomic mass is 10.1. The van der Waals surface area contributed by atoms with E-state index in [1.807, 2.05) is 0 Å². The second-order valence-corrected chi connectivity index (χ2v) is 5.17. The molecular formula is C9H12F2N2O2S. The van der Waals surface area contributed by atoms with Crippen molar-refractivity contribution in [2.24, 2.45) is 10.9 Å². The molecule has 0 amide bonds. The second kappa shape index (κ2) is 4.44. The summed E-state index contributed by atoms with van der Waals surface area (Å²) in [6.07, 6.45) is 0. The molecule has 0 unspecified atom stereocenters. The smallest absolute Gasteiger partial charge is 0.213 e. The topological polar surface area (TPSA) is 86.2 Å². The highest BCUT2D eigenvalue weighted by Crippen LogP contribution is 2.20. The number of hydrogen-bond acceptors (Lipinski definition) is 3. The van der Waals surface area contributed by atoms with Crippen molar-refractivity contribution in [3.05, 3.63) is 34.9 Å². The van der Waals surface area contributed by atoms with E-state index in [4.69, 9.17) is 10.9 Å². The van der Waals surface area contributed by atoms with Crippen molar-refractivity contribution in [2.75, 3.05) is 0 Å². The Hall–Kier alpha value is -1.05. The van der Waals surface area contributed by atoms with Gasteiger partial charge in [-0.15, -0.1) is 0 Å². The van der Waals surface area contributed by atoms with Gasteiger partial charge < -0.3 is 5.73 Å². The van der Waals surface area contributed by atoms with Gasteiger partial charge in [-0.1, -0.05) is 0 Å². The molecule has 1 aromatic carbocycles. The SMILES string of the molecule is C[C@@H](N)c1cc(F)c(CS(N)(=O)=O)c(F)c1. The van der Waals surface area contributed by atoms with Crippen LogP contribution in [0.1, 0.15) is 24.1 Å². The summed E-state index contributed by atoms with van der Waals surface area (Å²) in [7, 11) is -3.97. The Bertz CT molecular complexity index is 477. The van der Waals surface area contributed by atoms with E-state index in [9.17, 15) is 17.2 Å². The summed E-state index contributed by atoms with van der Waals surface area (Å²) in [5.41, 5.74) is 5.15. The Kier molecular flexibility index (Phi) is 3.61. The molecule has 0 aliphatic rings. The van der Waals surface area contributed by atoms with E-state index in [0.29, 0.717) is 0 Å². The zero-order chi connectivity index (χ0) is 12.5. The standard InChI is InChI=1S/C9H12F2N2O2S/c1-5(12)6-2-8(10)7(9(11)3-6)4-16(13,14)15/h2-3,5H,4,12H2,1H3,(H2,13,14,15)/t5-/m1/s1. The van der Waals surface area contributed by atoms with Crippen LogP contribution in [0.2, 0.25) is 0 Å². The van der Waals surface area contributed by atoms with E-state index in [-0.39, 0.29) is 5.56 Å². The maximum atomic E-state index is 13.4. The van der Waals surface area contributed by atoms with Gasteiger partial charge in [-0.25, -0.2) is 22.3 Å². The number of rotatable bonds is 3. The van der Waals surface area contributed by atoms with Crippen molar-refractivity contribution < 1.29 is 17.2 Å². The molecule has 90 valence electrons. The molecule has 0 aliphatic heterocycles. The molecule has 0 fully saturated rings. The first-order chi connectivity index (χ1) is 7.20. The molecule has 4 N–H and O–H groups in total. The number of hydrogen-bond donors (Lipinski definition) is 2. The van der Waals surface area contributed by atoms with E-state index in [1.165, 1.54) is 0 Å². The van der Waals surface area contributed by atoms with E-state index >= 15 is 0 Å². The summed E-state index contributed by atoms with van der Waals surface area (Å²) in [4.78, 5) is 0. The van der Waals surface area contributed by atoms with Crippen LogP contribution in [-0.2, 0) is 15.8 Å². The van der Waals surface area contributed by atoms with Crippen LogP contribution in [0.25, 0.3) is 0 Å². The maximum Gasteiger partial charge on any atom is 0.213 e. The van der Waals surface area contributed by atoms with E-state index in [2.05, 4.69) is 0 Å². The van der Waals surface area contributed by atoms with Crippen molar-refractivity contribution >= 4 is 10.0 Å². The lowest BCUT2D eigenvalue weighted by Gasteiger charge is -2.09. The Labute approximate surface area is 92.3 Å². The molecule has 0 radical (unpaired) electrons. The van der Waals surface area contributed by atoms with Crippen molar-refractivity contribution in [1.29, 1.82) is 0 Å². The Balaban J connectivity index is 3.23. The summed E-state index contributed by atoms with van der Waals surface area (Å²) in [6, 6.07) is 1.48. The normalized spacial score (nSPS) is 13.8. The average molecular weight is 250 g/mol. The minimum absolute atomic E-state index is 0.258. The molecule has 16 heavy (non-hydrogen) atoms. The predicted molar refractivity (Wildman–Crippen MR) is 55.8 cm³/mol. The number of benzene rings is 1. The van der Waals surface area contributed by atoms with Crippen LogP contribution in [0.5, 0.6) is 0 Å². The lowest BCUT2D eigenvalue weighted by molar-refractivity contribution is 0.551. The number of primary sulfonamides is 1. The fourth-order valence-electron chi connectivity index (χ4n) is 1.22. The van der Waals surface area contributed by atoms with Crippen LogP contribution in [0.15, 0.2) is 12.1 Å². The van der Waals surface area contributed by atoms with Gasteiger partial charge in [0.1, 0.15) is 11.6 Å². The third-order valence-electron chi connectivity index (χ3n) is 2.03. The van der Waals surface area contributed by atoms with Gasteiger partial charge in [-0.05, 0) is 24.6 Å². The first-order valence-corrected chi connectivity index (χ1v) is 6.16. The zero-order valence-corrected chi connectivity index (χ0v) is 9.39. The van der Waals surface area contributed by atoms with Gasteiger partial charge in [0.15, 0.2) is 0 Å². The number of halogens is 2. The average Bonchev–Trinajstić information content (AvgIpc) is 2.09. The molecule has 4 nitrogen and oxygen atoms in total. The minimum atomic E-state index is -3.97. The monoisotopic (exact) mass is 250 g/mol. The van der Waals surface area contributed by atoms with Crippen molar-refractivity contribution in [1.82, 2.24) is 0 Å². The van der Waals surface area contributed by atoms with Gasteiger partial charge in [-0.3, -0.25) is 0 Å². The minimum Gasteiger partial charge on any atom is -0.324 e. The van der Waals surface area contributed by atoms with E-state index in [0.717, 1.165) is 12.1 Å². The molecule has 7 heteroatoms. The Morgan fingerprint density at radius 3 is 2.06 bits per heavy atom. The molecule has 0 heterocycles. The molecule has 0 saturated carbocycles. The van der Waals surface area contributed by atoms with Gasteiger partial charge in [0.05, 0.1) is 5.75 Å². The highest BCUT2D eigenvalue weighted by Gasteiger charge is 2.17. The van der Waals surface area contributed by atoms with Crippen LogP contribution >= 0.6 is 0 Å². The highest BCUT2D eigenvalue weighted by atomic mass is 32.2. The highest BCUT2D eigenvalue weighted by molar-refractivity contribution is 7.88. The fraction of sp³-hybridized carbons (Fsp3) is 0.333. The lowest BCUT2D eigenvalue weighted by Crippen LogP contribution is -2.17. The molecule has 0 aliphatic carbocycles. The molecule has 0 saturated heterocycles. The zero-order valence-electron chi connectivity index (χ0n) is 8.57. The Morgan fingerprint density at radius 2 is 1.75 bits per heavy atom. The van der Waals surface area contributed by atoms with E-state index in [1.54, 1.807) is 6.92 Å². The summed E-state index contributed by atoms with van der Waals surface area (Å²) in [5.74, 6) is -2.79. The fourth-order valence-corrected chi connectivity index (χ4v) is 1.90. The van der Waals surface area contributed by atoms with Crippen molar-refractivity contribution in [3.8, 4) is 0 Å². The van der Waals surface area contributed by atoms with Gasteiger partial charge in [0.2, 0.25) is 10.0 Å². The summed E-state index contributed by atoms with van der Waals surface area (Å²) >= 11 is 0. The summed E-state index contributed by atoms with van der Waals surface area (Å²) in [5, 5.41) is 4.72. The largest absolute Gasteiger partial charge is 0.324 e. The predicted octanol–water partition coefficient (Wildman–Crippen LogP) is 0.773. The third-order valence-corrected chi connectivity index (χ3v) is 2.73. The molecule has 1 aromatic rings. The van der Waals surface area contributed by atoms with Crippen LogP contribution < -0.4 is 10.9 Å². The van der Waals surface area contributed by atoms with Gasteiger partial charge in [0, 0.05) is 11.6 Å². The summed E-state index contributed by atoms with van der Waals surface area (Å²) < 4.78 is 48.3.